The van der Waals surface area contributed by atoms with Crippen LogP contribution in [0.3, 0.4) is 0 Å². The van der Waals surface area contributed by atoms with Crippen LogP contribution < -0.4 is 0 Å². The molecule has 2 heterocycles. The van der Waals surface area contributed by atoms with Crippen LogP contribution in [0.1, 0.15) is 49.8 Å². The lowest BCUT2D eigenvalue weighted by Gasteiger charge is -2.27. The van der Waals surface area contributed by atoms with Crippen LogP contribution in [0.5, 0.6) is 0 Å². The molecule has 3 aromatic rings. The molecule has 1 saturated carbocycles. The second kappa shape index (κ2) is 10.0. The number of benzene rings is 2. The average Bonchev–Trinajstić information content (AvgIpc) is 3.57. The summed E-state index contributed by atoms with van der Waals surface area (Å²) in [6.07, 6.45) is 7.45. The van der Waals surface area contributed by atoms with Gasteiger partial charge in [0.05, 0.1) is 13.2 Å². The summed E-state index contributed by atoms with van der Waals surface area (Å²) >= 11 is 2.12. The van der Waals surface area contributed by atoms with E-state index >= 15 is 0 Å². The Morgan fingerprint density at radius 1 is 0.875 bits per heavy atom. The molecule has 0 radical (unpaired) electrons. The second-order valence-electron chi connectivity index (χ2n) is 9.44. The van der Waals surface area contributed by atoms with Gasteiger partial charge in [-0.15, -0.1) is 0 Å². The van der Waals surface area contributed by atoms with E-state index in [1.807, 2.05) is 0 Å². The standard InChI is InChI=1S/C27H34N2O2S/c30-16-24-9-10-25(17-31)29(24)15-23-14-22-13-21(8-11-27(22)28-23)20-5-3-4-19(12-20)18-32-26-6-1-2-7-26/h3-5,8,11-14,24-26,28,30-31H,1-2,6-7,9-10,15-18H2/t24-,25+. The van der Waals surface area contributed by atoms with Gasteiger partial charge in [0.15, 0.2) is 0 Å². The highest BCUT2D eigenvalue weighted by molar-refractivity contribution is 7.99. The molecule has 1 aliphatic heterocycles. The zero-order valence-electron chi connectivity index (χ0n) is 18.7. The quantitative estimate of drug-likeness (QED) is 0.434. The molecule has 4 nitrogen and oxygen atoms in total. The number of aliphatic hydroxyl groups is 2. The lowest BCUT2D eigenvalue weighted by molar-refractivity contribution is 0.0894. The van der Waals surface area contributed by atoms with Crippen molar-refractivity contribution in [1.29, 1.82) is 0 Å². The van der Waals surface area contributed by atoms with Crippen molar-refractivity contribution in [3.05, 3.63) is 59.8 Å². The van der Waals surface area contributed by atoms with Gasteiger partial charge in [-0.05, 0) is 60.6 Å². The van der Waals surface area contributed by atoms with Crippen molar-refractivity contribution >= 4 is 22.7 Å². The average molecular weight is 451 g/mol. The third-order valence-corrected chi connectivity index (χ3v) is 8.71. The Hall–Kier alpha value is -1.79. The van der Waals surface area contributed by atoms with Crippen LogP contribution in [-0.4, -0.2) is 50.6 Å². The van der Waals surface area contributed by atoms with E-state index in [0.717, 1.165) is 41.6 Å². The van der Waals surface area contributed by atoms with E-state index in [1.165, 1.54) is 47.8 Å². The Labute approximate surface area is 195 Å². The van der Waals surface area contributed by atoms with E-state index in [2.05, 4.69) is 70.2 Å². The number of aliphatic hydroxyl groups excluding tert-OH is 2. The van der Waals surface area contributed by atoms with Crippen LogP contribution in [0.2, 0.25) is 0 Å². The van der Waals surface area contributed by atoms with E-state index in [9.17, 15) is 10.2 Å². The lowest BCUT2D eigenvalue weighted by atomic mass is 10.0. The van der Waals surface area contributed by atoms with Gasteiger partial charge in [0.1, 0.15) is 0 Å². The van der Waals surface area contributed by atoms with Crippen LogP contribution in [0, 0.1) is 0 Å². The molecule has 32 heavy (non-hydrogen) atoms. The molecular formula is C27H34N2O2S. The third-order valence-electron chi connectivity index (χ3n) is 7.27. The van der Waals surface area contributed by atoms with Crippen molar-refractivity contribution in [1.82, 2.24) is 9.88 Å². The molecule has 5 heteroatoms. The first-order valence-corrected chi connectivity index (χ1v) is 13.1. The topological polar surface area (TPSA) is 59.5 Å². The number of nitrogens with zero attached hydrogens (tertiary/aromatic N) is 1. The van der Waals surface area contributed by atoms with Gasteiger partial charge in [0, 0.05) is 46.2 Å². The van der Waals surface area contributed by atoms with E-state index < -0.39 is 0 Å². The Morgan fingerprint density at radius 2 is 1.62 bits per heavy atom. The first-order chi connectivity index (χ1) is 15.7. The largest absolute Gasteiger partial charge is 0.395 e. The van der Waals surface area contributed by atoms with Crippen molar-refractivity contribution in [2.24, 2.45) is 0 Å². The first-order valence-electron chi connectivity index (χ1n) is 12.0. The first kappa shape index (κ1) is 22.0. The minimum atomic E-state index is 0.138. The van der Waals surface area contributed by atoms with Crippen LogP contribution in [0.4, 0.5) is 0 Å². The zero-order valence-corrected chi connectivity index (χ0v) is 19.5. The molecule has 1 saturated heterocycles. The van der Waals surface area contributed by atoms with Crippen LogP contribution in [-0.2, 0) is 12.3 Å². The Balaban J connectivity index is 1.32. The highest BCUT2D eigenvalue weighted by atomic mass is 32.2. The van der Waals surface area contributed by atoms with E-state index in [4.69, 9.17) is 0 Å². The summed E-state index contributed by atoms with van der Waals surface area (Å²) in [6.45, 7) is 1.03. The molecule has 0 unspecified atom stereocenters. The van der Waals surface area contributed by atoms with Crippen molar-refractivity contribution in [3.63, 3.8) is 0 Å². The highest BCUT2D eigenvalue weighted by Gasteiger charge is 2.32. The number of hydrogen-bond donors (Lipinski definition) is 3. The van der Waals surface area contributed by atoms with Gasteiger partial charge < -0.3 is 15.2 Å². The van der Waals surface area contributed by atoms with E-state index in [0.29, 0.717) is 0 Å². The van der Waals surface area contributed by atoms with Crippen molar-refractivity contribution in [2.75, 3.05) is 13.2 Å². The van der Waals surface area contributed by atoms with Gasteiger partial charge in [-0.25, -0.2) is 0 Å². The highest BCUT2D eigenvalue weighted by Crippen LogP contribution is 2.33. The Kier molecular flexibility index (Phi) is 6.88. The monoisotopic (exact) mass is 450 g/mol. The molecule has 2 aromatic carbocycles. The summed E-state index contributed by atoms with van der Waals surface area (Å²) in [5.41, 5.74) is 6.21. The molecule has 1 aliphatic carbocycles. The smallest absolute Gasteiger partial charge is 0.0587 e. The number of H-pyrrole nitrogens is 1. The van der Waals surface area contributed by atoms with Crippen LogP contribution in [0.25, 0.3) is 22.0 Å². The fourth-order valence-electron chi connectivity index (χ4n) is 5.43. The minimum Gasteiger partial charge on any atom is -0.395 e. The van der Waals surface area contributed by atoms with Gasteiger partial charge >= 0.3 is 0 Å². The number of fused-ring (bicyclic) bond motifs is 1. The predicted molar refractivity (Wildman–Crippen MR) is 134 cm³/mol. The summed E-state index contributed by atoms with van der Waals surface area (Å²) in [5.74, 6) is 1.10. The van der Waals surface area contributed by atoms with Gasteiger partial charge in [0.2, 0.25) is 0 Å². The molecule has 2 atom stereocenters. The molecule has 170 valence electrons. The fraction of sp³-hybridized carbons (Fsp3) is 0.481. The predicted octanol–water partition coefficient (Wildman–Crippen LogP) is 5.33. The summed E-state index contributed by atoms with van der Waals surface area (Å²) in [6, 6.07) is 18.1. The van der Waals surface area contributed by atoms with E-state index in [1.54, 1.807) is 0 Å². The van der Waals surface area contributed by atoms with Crippen molar-refractivity contribution in [2.45, 2.75) is 68.2 Å². The van der Waals surface area contributed by atoms with Crippen molar-refractivity contribution in [3.8, 4) is 11.1 Å². The minimum absolute atomic E-state index is 0.138. The van der Waals surface area contributed by atoms with Gasteiger partial charge in [-0.2, -0.15) is 11.8 Å². The number of hydrogen-bond acceptors (Lipinski definition) is 4. The Bertz CT molecular complexity index is 1030. The molecule has 2 aliphatic rings. The Morgan fingerprint density at radius 3 is 2.38 bits per heavy atom. The number of nitrogens with one attached hydrogen (secondary N) is 1. The van der Waals surface area contributed by atoms with Gasteiger partial charge in [0.25, 0.3) is 0 Å². The van der Waals surface area contributed by atoms with Crippen LogP contribution in [0.15, 0.2) is 48.5 Å². The molecule has 5 rings (SSSR count). The molecule has 0 amide bonds. The number of aromatic amines is 1. The summed E-state index contributed by atoms with van der Waals surface area (Å²) in [4.78, 5) is 5.79. The maximum absolute atomic E-state index is 9.72. The maximum atomic E-state index is 9.72. The maximum Gasteiger partial charge on any atom is 0.0587 e. The van der Waals surface area contributed by atoms with E-state index in [-0.39, 0.29) is 25.3 Å². The number of thioether (sulfide) groups is 1. The third kappa shape index (κ3) is 4.76. The SMILES string of the molecule is OC[C@@H]1CC[C@H](CO)N1Cc1cc2cc(-c3cccc(CSC4CCCC4)c3)ccc2[nH]1. The summed E-state index contributed by atoms with van der Waals surface area (Å²) in [5, 5.41) is 21.5. The zero-order chi connectivity index (χ0) is 21.9. The van der Waals surface area contributed by atoms with Crippen LogP contribution >= 0.6 is 11.8 Å². The van der Waals surface area contributed by atoms with Crippen molar-refractivity contribution < 1.29 is 10.2 Å². The van der Waals surface area contributed by atoms with Gasteiger partial charge in [-0.3, -0.25) is 4.90 Å². The fourth-order valence-corrected chi connectivity index (χ4v) is 6.70. The normalized spacial score (nSPS) is 22.3. The molecule has 0 spiro atoms. The molecule has 2 fully saturated rings. The summed E-state index contributed by atoms with van der Waals surface area (Å²) in [7, 11) is 0. The van der Waals surface area contributed by atoms with Gasteiger partial charge in [-0.1, -0.05) is 43.2 Å². The second-order valence-corrected chi connectivity index (χ2v) is 10.7. The molecular weight excluding hydrogens is 416 g/mol. The number of rotatable bonds is 8. The number of aromatic nitrogens is 1. The number of likely N-dealkylation sites (tertiary alicyclic amines) is 1. The lowest BCUT2D eigenvalue weighted by Crippen LogP contribution is -2.39. The molecule has 1 aromatic heterocycles. The molecule has 0 bridgehead atoms. The summed E-state index contributed by atoms with van der Waals surface area (Å²) < 4.78 is 0. The molecule has 3 N–H and O–H groups in total.